The van der Waals surface area contributed by atoms with Crippen LogP contribution in [0.5, 0.6) is 0 Å². The van der Waals surface area contributed by atoms with E-state index in [9.17, 15) is 14.0 Å². The van der Waals surface area contributed by atoms with Crippen molar-refractivity contribution in [3.63, 3.8) is 0 Å². The minimum atomic E-state index is -0.466. The molecule has 2 aromatic carbocycles. The standard InChI is InChI=1S/C19H18FN3O2S/c1-11-6-8-13(9-7-11)21-10-16(24)22-23-19(25)18-12(2)17-14(20)4-3-5-15(17)26-18/h3-9,21H,10H2,1-2H3,(H,22,24)(H,23,25). The van der Waals surface area contributed by atoms with Crippen LogP contribution >= 0.6 is 11.3 Å². The van der Waals surface area contributed by atoms with Crippen LogP contribution in [-0.2, 0) is 4.79 Å². The fourth-order valence-corrected chi connectivity index (χ4v) is 3.67. The molecule has 0 saturated carbocycles. The van der Waals surface area contributed by atoms with Gasteiger partial charge >= 0.3 is 0 Å². The van der Waals surface area contributed by atoms with Crippen molar-refractivity contribution in [3.8, 4) is 0 Å². The Bertz CT molecular complexity index is 967. The molecule has 1 aromatic heterocycles. The number of anilines is 1. The molecular weight excluding hydrogens is 353 g/mol. The number of amides is 2. The number of rotatable bonds is 4. The lowest BCUT2D eigenvalue weighted by molar-refractivity contribution is -0.120. The molecule has 2 amide bonds. The summed E-state index contributed by atoms with van der Waals surface area (Å²) in [6.45, 7) is 3.69. The van der Waals surface area contributed by atoms with Crippen molar-refractivity contribution in [1.29, 1.82) is 0 Å². The molecule has 0 bridgehead atoms. The first-order valence-electron chi connectivity index (χ1n) is 8.03. The zero-order valence-corrected chi connectivity index (χ0v) is 15.2. The van der Waals surface area contributed by atoms with Crippen LogP contribution in [0.15, 0.2) is 42.5 Å². The molecule has 26 heavy (non-hydrogen) atoms. The highest BCUT2D eigenvalue weighted by Crippen LogP contribution is 2.32. The molecule has 5 nitrogen and oxygen atoms in total. The second-order valence-electron chi connectivity index (χ2n) is 5.89. The number of nitrogens with one attached hydrogen (secondary N) is 3. The molecule has 1 heterocycles. The number of hydrogen-bond donors (Lipinski definition) is 3. The van der Waals surface area contributed by atoms with Gasteiger partial charge in [0.05, 0.1) is 11.4 Å². The van der Waals surface area contributed by atoms with E-state index < -0.39 is 5.91 Å². The minimum Gasteiger partial charge on any atom is -0.376 e. The number of carbonyl (C=O) groups is 2. The first-order valence-corrected chi connectivity index (χ1v) is 8.84. The largest absolute Gasteiger partial charge is 0.376 e. The van der Waals surface area contributed by atoms with Gasteiger partial charge in [0.2, 0.25) is 0 Å². The second-order valence-corrected chi connectivity index (χ2v) is 6.94. The summed E-state index contributed by atoms with van der Waals surface area (Å²) in [6, 6.07) is 12.3. The van der Waals surface area contributed by atoms with Crippen LogP contribution in [0.2, 0.25) is 0 Å². The van der Waals surface area contributed by atoms with Gasteiger partial charge in [-0.25, -0.2) is 4.39 Å². The molecule has 7 heteroatoms. The van der Waals surface area contributed by atoms with Gasteiger partial charge < -0.3 is 5.32 Å². The number of hydrazine groups is 1. The van der Waals surface area contributed by atoms with Crippen molar-refractivity contribution >= 4 is 38.9 Å². The van der Waals surface area contributed by atoms with E-state index >= 15 is 0 Å². The lowest BCUT2D eigenvalue weighted by Crippen LogP contribution is -2.44. The van der Waals surface area contributed by atoms with Gasteiger partial charge in [0, 0.05) is 15.8 Å². The fourth-order valence-electron chi connectivity index (χ4n) is 2.55. The maximum absolute atomic E-state index is 13.9. The minimum absolute atomic E-state index is 0.0172. The molecule has 0 aliphatic carbocycles. The first-order chi connectivity index (χ1) is 12.5. The quantitative estimate of drug-likeness (QED) is 0.615. The number of halogens is 1. The monoisotopic (exact) mass is 371 g/mol. The third-order valence-electron chi connectivity index (χ3n) is 3.93. The van der Waals surface area contributed by atoms with Gasteiger partial charge in [0.25, 0.3) is 11.8 Å². The summed E-state index contributed by atoms with van der Waals surface area (Å²) in [6.07, 6.45) is 0. The maximum Gasteiger partial charge on any atom is 0.280 e. The van der Waals surface area contributed by atoms with Gasteiger partial charge in [-0.2, -0.15) is 0 Å². The molecule has 3 rings (SSSR count). The molecular formula is C19H18FN3O2S. The van der Waals surface area contributed by atoms with Crippen LogP contribution in [0.25, 0.3) is 10.1 Å². The van der Waals surface area contributed by atoms with E-state index in [0.717, 1.165) is 11.3 Å². The second kappa shape index (κ2) is 7.53. The first kappa shape index (κ1) is 17.9. The highest BCUT2D eigenvalue weighted by atomic mass is 32.1. The van der Waals surface area contributed by atoms with Gasteiger partial charge in [-0.1, -0.05) is 23.8 Å². The molecule has 134 valence electrons. The summed E-state index contributed by atoms with van der Waals surface area (Å²) in [4.78, 5) is 24.6. The van der Waals surface area contributed by atoms with Crippen LogP contribution in [-0.4, -0.2) is 18.4 Å². The lowest BCUT2D eigenvalue weighted by Gasteiger charge is -2.09. The molecule has 0 aliphatic heterocycles. The zero-order chi connectivity index (χ0) is 18.7. The average Bonchev–Trinajstić information content (AvgIpc) is 2.97. The Kier molecular flexibility index (Phi) is 5.18. The van der Waals surface area contributed by atoms with Gasteiger partial charge in [0.1, 0.15) is 5.82 Å². The van der Waals surface area contributed by atoms with Crippen molar-refractivity contribution in [2.24, 2.45) is 0 Å². The van der Waals surface area contributed by atoms with Crippen LogP contribution in [0.3, 0.4) is 0 Å². The summed E-state index contributed by atoms with van der Waals surface area (Å²) in [5.41, 5.74) is 7.24. The van der Waals surface area contributed by atoms with Gasteiger partial charge in [-0.3, -0.25) is 20.4 Å². The Morgan fingerprint density at radius 3 is 2.46 bits per heavy atom. The molecule has 0 unspecified atom stereocenters. The number of benzene rings is 2. The van der Waals surface area contributed by atoms with Crippen molar-refractivity contribution in [2.45, 2.75) is 13.8 Å². The summed E-state index contributed by atoms with van der Waals surface area (Å²) < 4.78 is 14.6. The predicted octanol–water partition coefficient (Wildman–Crippen LogP) is 3.53. The number of hydrogen-bond acceptors (Lipinski definition) is 4. The number of fused-ring (bicyclic) bond motifs is 1. The molecule has 0 aliphatic rings. The van der Waals surface area contributed by atoms with Crippen LogP contribution < -0.4 is 16.2 Å². The third-order valence-corrected chi connectivity index (χ3v) is 5.19. The van der Waals surface area contributed by atoms with Gasteiger partial charge in [0.15, 0.2) is 0 Å². The molecule has 0 saturated heterocycles. The van der Waals surface area contributed by atoms with Crippen molar-refractivity contribution in [2.75, 3.05) is 11.9 Å². The molecule has 0 atom stereocenters. The smallest absolute Gasteiger partial charge is 0.280 e. The third kappa shape index (κ3) is 3.83. The Labute approximate surface area is 154 Å². The highest BCUT2D eigenvalue weighted by Gasteiger charge is 2.18. The topological polar surface area (TPSA) is 70.2 Å². The van der Waals surface area contributed by atoms with E-state index in [0.29, 0.717) is 20.5 Å². The van der Waals surface area contributed by atoms with Crippen molar-refractivity contribution < 1.29 is 14.0 Å². The Morgan fingerprint density at radius 2 is 1.77 bits per heavy atom. The van der Waals surface area contributed by atoms with E-state index in [2.05, 4.69) is 16.2 Å². The number of thiophene rings is 1. The predicted molar refractivity (Wildman–Crippen MR) is 102 cm³/mol. The molecule has 0 spiro atoms. The SMILES string of the molecule is Cc1ccc(NCC(=O)NNC(=O)c2sc3cccc(F)c3c2C)cc1. The van der Waals surface area contributed by atoms with Crippen molar-refractivity contribution in [1.82, 2.24) is 10.9 Å². The van der Waals surface area contributed by atoms with Gasteiger partial charge in [-0.15, -0.1) is 11.3 Å². The number of aryl methyl sites for hydroxylation is 2. The molecule has 0 radical (unpaired) electrons. The normalized spacial score (nSPS) is 10.6. The summed E-state index contributed by atoms with van der Waals surface area (Å²) in [5, 5.41) is 3.40. The van der Waals surface area contributed by atoms with E-state index in [1.54, 1.807) is 19.1 Å². The van der Waals surface area contributed by atoms with Gasteiger partial charge in [-0.05, 0) is 43.7 Å². The molecule has 3 N–H and O–H groups in total. The highest BCUT2D eigenvalue weighted by molar-refractivity contribution is 7.21. The summed E-state index contributed by atoms with van der Waals surface area (Å²) in [7, 11) is 0. The number of carbonyl (C=O) groups excluding carboxylic acids is 2. The van der Waals surface area contributed by atoms with E-state index in [1.807, 2.05) is 31.2 Å². The van der Waals surface area contributed by atoms with E-state index in [-0.39, 0.29) is 18.3 Å². The van der Waals surface area contributed by atoms with Crippen LogP contribution in [0.1, 0.15) is 20.8 Å². The zero-order valence-electron chi connectivity index (χ0n) is 14.4. The molecule has 0 fully saturated rings. The average molecular weight is 371 g/mol. The van der Waals surface area contributed by atoms with Crippen molar-refractivity contribution in [3.05, 3.63) is 64.3 Å². The van der Waals surface area contributed by atoms with Crippen LogP contribution in [0, 0.1) is 19.7 Å². The van der Waals surface area contributed by atoms with E-state index in [1.165, 1.54) is 17.4 Å². The lowest BCUT2D eigenvalue weighted by atomic mass is 10.1. The Morgan fingerprint density at radius 1 is 1.04 bits per heavy atom. The van der Waals surface area contributed by atoms with E-state index in [4.69, 9.17) is 0 Å². The summed E-state index contributed by atoms with van der Waals surface area (Å²) in [5.74, 6) is -1.21. The Balaban J connectivity index is 1.58. The maximum atomic E-state index is 13.9. The Hall–Kier alpha value is -2.93. The molecule has 3 aromatic rings. The summed E-state index contributed by atoms with van der Waals surface area (Å²) >= 11 is 1.19. The van der Waals surface area contributed by atoms with Crippen LogP contribution in [0.4, 0.5) is 10.1 Å². The fraction of sp³-hybridized carbons (Fsp3) is 0.158.